The number of benzene rings is 1. The van der Waals surface area contributed by atoms with E-state index in [9.17, 15) is 8.42 Å². The van der Waals surface area contributed by atoms with Crippen molar-refractivity contribution in [1.82, 2.24) is 0 Å². The molecule has 0 aromatic heterocycles. The molecule has 5 nitrogen and oxygen atoms in total. The van der Waals surface area contributed by atoms with Gasteiger partial charge in [0.2, 0.25) is 10.0 Å². The first-order valence-corrected chi connectivity index (χ1v) is 9.47. The molecule has 2 rings (SSSR count). The van der Waals surface area contributed by atoms with Crippen LogP contribution in [0.5, 0.6) is 0 Å². The van der Waals surface area contributed by atoms with Crippen LogP contribution < -0.4 is 10.5 Å². The fraction of sp³-hybridized carbons (Fsp3) is 0.500. The van der Waals surface area contributed by atoms with Crippen LogP contribution in [0.4, 0.5) is 5.69 Å². The number of nitrogens with zero attached hydrogens (tertiary/aromatic N) is 1. The first-order chi connectivity index (χ1) is 9.94. The molecule has 21 heavy (non-hydrogen) atoms. The van der Waals surface area contributed by atoms with Crippen LogP contribution in [0.1, 0.15) is 26.7 Å². The zero-order valence-corrected chi connectivity index (χ0v) is 13.9. The Labute approximate surface area is 130 Å². The highest BCUT2D eigenvalue weighted by atomic mass is 32.2. The number of rotatable bonds is 5. The minimum Gasteiger partial charge on any atom is -0.335 e. The molecule has 7 heteroatoms. The minimum atomic E-state index is -3.64. The van der Waals surface area contributed by atoms with E-state index in [2.05, 4.69) is 24.2 Å². The molecule has 116 valence electrons. The van der Waals surface area contributed by atoms with E-state index in [0.29, 0.717) is 11.2 Å². The number of nitrogens with two attached hydrogens (primary N) is 1. The number of aliphatic imine (C=N–C) groups is 1. The SMILES string of the molecule is CCC(CC)C1CN=C(Nc2ccc(S(N)(=O)=O)cc2)S1. The summed E-state index contributed by atoms with van der Waals surface area (Å²) in [5, 5.41) is 9.74. The Kier molecular flexibility index (Phi) is 5.29. The standard InChI is InChI=1S/C14H21N3O2S2/c1-3-10(4-2)13-9-16-14(20-13)17-11-5-7-12(8-6-11)21(15,18)19/h5-8,10,13H,3-4,9H2,1-2H3,(H,16,17)(H2,15,18,19). The van der Waals surface area contributed by atoms with E-state index in [-0.39, 0.29) is 4.90 Å². The molecule has 0 saturated carbocycles. The van der Waals surface area contributed by atoms with Crippen LogP contribution in [0, 0.1) is 5.92 Å². The molecule has 0 spiro atoms. The van der Waals surface area contributed by atoms with Gasteiger partial charge in [-0.05, 0) is 30.2 Å². The maximum absolute atomic E-state index is 11.2. The normalized spacial score (nSPS) is 18.9. The third kappa shape index (κ3) is 4.21. The lowest BCUT2D eigenvalue weighted by molar-refractivity contribution is 0.479. The average Bonchev–Trinajstić information content (AvgIpc) is 2.88. The van der Waals surface area contributed by atoms with Crippen molar-refractivity contribution in [2.24, 2.45) is 16.0 Å². The van der Waals surface area contributed by atoms with Gasteiger partial charge in [-0.3, -0.25) is 4.99 Å². The van der Waals surface area contributed by atoms with E-state index >= 15 is 0 Å². The van der Waals surface area contributed by atoms with Crippen LogP contribution >= 0.6 is 11.8 Å². The van der Waals surface area contributed by atoms with Crippen molar-refractivity contribution in [3.8, 4) is 0 Å². The topological polar surface area (TPSA) is 84.5 Å². The number of sulfonamides is 1. The fourth-order valence-corrected chi connectivity index (χ4v) is 4.23. The molecule has 0 radical (unpaired) electrons. The molecule has 1 heterocycles. The van der Waals surface area contributed by atoms with Gasteiger partial charge in [-0.1, -0.05) is 38.5 Å². The molecule has 3 N–H and O–H groups in total. The maximum Gasteiger partial charge on any atom is 0.238 e. The quantitative estimate of drug-likeness (QED) is 0.870. The van der Waals surface area contributed by atoms with Crippen LogP contribution in [-0.4, -0.2) is 25.4 Å². The smallest absolute Gasteiger partial charge is 0.238 e. The minimum absolute atomic E-state index is 0.115. The predicted octanol–water partition coefficient (Wildman–Crippen LogP) is 2.65. The summed E-state index contributed by atoms with van der Waals surface area (Å²) >= 11 is 1.77. The van der Waals surface area contributed by atoms with E-state index in [0.717, 1.165) is 17.4 Å². The highest BCUT2D eigenvalue weighted by Crippen LogP contribution is 2.31. The van der Waals surface area contributed by atoms with Crippen LogP contribution in [0.15, 0.2) is 34.2 Å². The second-order valence-corrected chi connectivity index (χ2v) is 7.86. The van der Waals surface area contributed by atoms with Gasteiger partial charge < -0.3 is 5.32 Å². The van der Waals surface area contributed by atoms with Gasteiger partial charge in [0.15, 0.2) is 5.17 Å². The monoisotopic (exact) mass is 327 g/mol. The molecule has 0 bridgehead atoms. The summed E-state index contributed by atoms with van der Waals surface area (Å²) in [5.41, 5.74) is 0.818. The molecule has 0 aliphatic carbocycles. The summed E-state index contributed by atoms with van der Waals surface area (Å²) in [5.74, 6) is 0.683. The second kappa shape index (κ2) is 6.81. The molecule has 1 aromatic rings. The number of amidine groups is 1. The van der Waals surface area contributed by atoms with Gasteiger partial charge in [0, 0.05) is 10.9 Å². The molecular formula is C14H21N3O2S2. The lowest BCUT2D eigenvalue weighted by atomic mass is 9.99. The Hall–Kier alpha value is -1.05. The summed E-state index contributed by atoms with van der Waals surface area (Å²) in [7, 11) is -3.64. The van der Waals surface area contributed by atoms with Crippen molar-refractivity contribution in [2.45, 2.75) is 36.8 Å². The average molecular weight is 327 g/mol. The number of thioether (sulfide) groups is 1. The molecule has 0 saturated heterocycles. The lowest BCUT2D eigenvalue weighted by Crippen LogP contribution is -2.17. The van der Waals surface area contributed by atoms with E-state index < -0.39 is 10.0 Å². The molecule has 1 aliphatic heterocycles. The number of hydrogen-bond acceptors (Lipinski definition) is 5. The zero-order valence-electron chi connectivity index (χ0n) is 12.2. The largest absolute Gasteiger partial charge is 0.335 e. The van der Waals surface area contributed by atoms with E-state index in [4.69, 9.17) is 5.14 Å². The van der Waals surface area contributed by atoms with Gasteiger partial charge in [0.25, 0.3) is 0 Å². The first-order valence-electron chi connectivity index (χ1n) is 7.05. The number of hydrogen-bond donors (Lipinski definition) is 2. The van der Waals surface area contributed by atoms with Gasteiger partial charge >= 0.3 is 0 Å². The molecule has 1 aromatic carbocycles. The van der Waals surface area contributed by atoms with Crippen molar-refractivity contribution in [3.63, 3.8) is 0 Å². The van der Waals surface area contributed by atoms with Crippen LogP contribution in [0.25, 0.3) is 0 Å². The molecule has 1 unspecified atom stereocenters. The van der Waals surface area contributed by atoms with Gasteiger partial charge in [-0.2, -0.15) is 0 Å². The summed E-state index contributed by atoms with van der Waals surface area (Å²) in [6.45, 7) is 5.27. The van der Waals surface area contributed by atoms with Crippen molar-refractivity contribution in [3.05, 3.63) is 24.3 Å². The highest BCUT2D eigenvalue weighted by molar-refractivity contribution is 8.15. The van der Waals surface area contributed by atoms with Crippen molar-refractivity contribution in [2.75, 3.05) is 11.9 Å². The molecular weight excluding hydrogens is 306 g/mol. The summed E-state index contributed by atoms with van der Waals surface area (Å²) in [6, 6.07) is 6.40. The fourth-order valence-electron chi connectivity index (χ4n) is 2.37. The first kappa shape index (κ1) is 16.3. The summed E-state index contributed by atoms with van der Waals surface area (Å²) in [6.07, 6.45) is 2.33. The summed E-state index contributed by atoms with van der Waals surface area (Å²) < 4.78 is 22.4. The Balaban J connectivity index is 1.97. The highest BCUT2D eigenvalue weighted by Gasteiger charge is 2.25. The third-order valence-corrected chi connectivity index (χ3v) is 5.91. The van der Waals surface area contributed by atoms with E-state index in [1.54, 1.807) is 23.9 Å². The van der Waals surface area contributed by atoms with Gasteiger partial charge in [-0.15, -0.1) is 0 Å². The Morgan fingerprint density at radius 3 is 2.48 bits per heavy atom. The molecule has 0 amide bonds. The molecule has 0 fully saturated rings. The Bertz CT molecular complexity index is 608. The molecule has 1 aliphatic rings. The Morgan fingerprint density at radius 1 is 1.33 bits per heavy atom. The van der Waals surface area contributed by atoms with Gasteiger partial charge in [-0.25, -0.2) is 13.6 Å². The number of anilines is 1. The van der Waals surface area contributed by atoms with Crippen molar-refractivity contribution < 1.29 is 8.42 Å². The van der Waals surface area contributed by atoms with Crippen LogP contribution in [0.2, 0.25) is 0 Å². The maximum atomic E-state index is 11.2. The van der Waals surface area contributed by atoms with E-state index in [1.807, 2.05) is 0 Å². The van der Waals surface area contributed by atoms with Gasteiger partial charge in [0.05, 0.1) is 11.4 Å². The van der Waals surface area contributed by atoms with E-state index in [1.165, 1.54) is 25.0 Å². The Morgan fingerprint density at radius 2 is 1.95 bits per heavy atom. The zero-order chi connectivity index (χ0) is 15.5. The van der Waals surface area contributed by atoms with Crippen molar-refractivity contribution in [1.29, 1.82) is 0 Å². The number of primary sulfonamides is 1. The van der Waals surface area contributed by atoms with Crippen molar-refractivity contribution >= 4 is 32.6 Å². The molecule has 1 atom stereocenters. The van der Waals surface area contributed by atoms with Gasteiger partial charge in [0.1, 0.15) is 0 Å². The predicted molar refractivity (Wildman–Crippen MR) is 89.2 cm³/mol. The lowest BCUT2D eigenvalue weighted by Gasteiger charge is -2.18. The van der Waals surface area contributed by atoms with Crippen LogP contribution in [0.3, 0.4) is 0 Å². The second-order valence-electron chi connectivity index (χ2n) is 5.07. The third-order valence-electron chi connectivity index (χ3n) is 3.69. The van der Waals surface area contributed by atoms with Crippen LogP contribution in [-0.2, 0) is 10.0 Å². The summed E-state index contributed by atoms with van der Waals surface area (Å²) in [4.78, 5) is 4.64. The number of nitrogens with one attached hydrogen (secondary N) is 1.